The van der Waals surface area contributed by atoms with Gasteiger partial charge in [-0.1, -0.05) is 36.7 Å². The topological polar surface area (TPSA) is 141 Å². The fraction of sp³-hybridized carbons (Fsp3) is 0.462. The molecule has 0 radical (unpaired) electrons. The molecule has 2 bridgehead atoms. The number of halogens is 1. The van der Waals surface area contributed by atoms with Gasteiger partial charge in [0.25, 0.3) is 5.91 Å². The minimum absolute atomic E-state index is 0.0499. The van der Waals surface area contributed by atoms with Gasteiger partial charge in [0.05, 0.1) is 37.5 Å². The van der Waals surface area contributed by atoms with Gasteiger partial charge in [-0.15, -0.1) is 4.36 Å². The number of carbonyl (C=O) groups is 1. The van der Waals surface area contributed by atoms with Crippen molar-refractivity contribution in [3.05, 3.63) is 82.8 Å². The maximum absolute atomic E-state index is 14.9. The van der Waals surface area contributed by atoms with Gasteiger partial charge in [-0.2, -0.15) is 4.98 Å². The summed E-state index contributed by atoms with van der Waals surface area (Å²) in [5.74, 6) is 1.28. The number of benzene rings is 2. The second kappa shape index (κ2) is 14.5. The molecular formula is C39H44ClN7O5S. The quantitative estimate of drug-likeness (QED) is 0.220. The first-order valence-electron chi connectivity index (χ1n) is 18.2. The molecule has 4 aliphatic rings. The third-order valence-corrected chi connectivity index (χ3v) is 13.5. The Morgan fingerprint density at radius 2 is 2.00 bits per heavy atom. The Kier molecular flexibility index (Phi) is 9.75. The maximum Gasteiger partial charge on any atom is 0.286 e. The van der Waals surface area contributed by atoms with Crippen molar-refractivity contribution in [2.45, 2.75) is 57.0 Å². The van der Waals surface area contributed by atoms with E-state index < -0.39 is 15.8 Å². The molecule has 2 aromatic heterocycles. The van der Waals surface area contributed by atoms with E-state index in [9.17, 15) is 9.00 Å². The molecule has 6 atom stereocenters. The summed E-state index contributed by atoms with van der Waals surface area (Å²) < 4.78 is 40.3. The van der Waals surface area contributed by atoms with Gasteiger partial charge >= 0.3 is 0 Å². The molecule has 1 saturated carbocycles. The summed E-state index contributed by atoms with van der Waals surface area (Å²) >= 11 is 6.47. The van der Waals surface area contributed by atoms with Crippen LogP contribution in [0.15, 0.2) is 65.4 Å². The number of hydrogen-bond acceptors (Lipinski definition) is 10. The van der Waals surface area contributed by atoms with Crippen LogP contribution in [0.1, 0.15) is 60.5 Å². The van der Waals surface area contributed by atoms with Crippen molar-refractivity contribution in [1.82, 2.24) is 19.9 Å². The van der Waals surface area contributed by atoms with Crippen LogP contribution in [0.2, 0.25) is 5.02 Å². The maximum atomic E-state index is 14.9. The molecule has 53 heavy (non-hydrogen) atoms. The molecule has 1 fully saturated rings. The predicted molar refractivity (Wildman–Crippen MR) is 205 cm³/mol. The van der Waals surface area contributed by atoms with E-state index in [1.807, 2.05) is 25.1 Å². The predicted octanol–water partition coefficient (Wildman–Crippen LogP) is 6.83. The molecule has 4 aromatic rings. The van der Waals surface area contributed by atoms with Crippen molar-refractivity contribution < 1.29 is 23.2 Å². The number of rotatable bonds is 4. The van der Waals surface area contributed by atoms with Crippen molar-refractivity contribution in [1.29, 1.82) is 0 Å². The summed E-state index contributed by atoms with van der Waals surface area (Å²) in [4.78, 5) is 33.9. The van der Waals surface area contributed by atoms with Crippen molar-refractivity contribution >= 4 is 50.1 Å². The molecular weight excluding hydrogens is 714 g/mol. The number of methoxy groups -OCH3 is 2. The van der Waals surface area contributed by atoms with Gasteiger partial charge in [-0.25, -0.2) is 19.2 Å². The van der Waals surface area contributed by atoms with Crippen molar-refractivity contribution in [3.8, 4) is 11.6 Å². The largest absolute Gasteiger partial charge is 0.490 e. The lowest BCUT2D eigenvalue weighted by molar-refractivity contribution is 0.0131. The molecule has 1 amide bonds. The van der Waals surface area contributed by atoms with Crippen LogP contribution in [-0.4, -0.2) is 75.8 Å². The molecule has 2 aromatic carbocycles. The lowest BCUT2D eigenvalue weighted by Gasteiger charge is -2.46. The van der Waals surface area contributed by atoms with Gasteiger partial charge in [0.2, 0.25) is 5.88 Å². The Hall–Kier alpha value is -4.33. The van der Waals surface area contributed by atoms with Crippen molar-refractivity contribution in [3.63, 3.8) is 0 Å². The first-order chi connectivity index (χ1) is 25.7. The van der Waals surface area contributed by atoms with Crippen LogP contribution in [0, 0.1) is 17.8 Å². The van der Waals surface area contributed by atoms with Gasteiger partial charge in [0.1, 0.15) is 22.0 Å². The molecule has 4 heterocycles. The normalized spacial score (nSPS) is 29.1. The van der Waals surface area contributed by atoms with E-state index in [-0.39, 0.29) is 46.1 Å². The number of ether oxygens (including phenoxy) is 3. The third-order valence-electron chi connectivity index (χ3n) is 11.3. The molecule has 0 saturated heterocycles. The summed E-state index contributed by atoms with van der Waals surface area (Å²) in [5.41, 5.74) is 4.00. The Balaban J connectivity index is 1.22. The van der Waals surface area contributed by atoms with E-state index in [0.717, 1.165) is 55.9 Å². The number of anilines is 2. The van der Waals surface area contributed by atoms with Gasteiger partial charge in [-0.3, -0.25) is 9.52 Å². The van der Waals surface area contributed by atoms with Crippen LogP contribution >= 0.6 is 11.6 Å². The monoisotopic (exact) mass is 757 g/mol. The number of nitrogens with one attached hydrogen (secondary N) is 1. The van der Waals surface area contributed by atoms with E-state index in [1.165, 1.54) is 30.8 Å². The van der Waals surface area contributed by atoms with E-state index >= 15 is 0 Å². The summed E-state index contributed by atoms with van der Waals surface area (Å²) in [5, 5.41) is 0.744. The molecule has 1 unspecified atom stereocenters. The average Bonchev–Trinajstić information content (AvgIpc) is 3.28. The minimum Gasteiger partial charge on any atom is -0.490 e. The number of hydrogen-bond donors (Lipinski definition) is 1. The van der Waals surface area contributed by atoms with Crippen molar-refractivity contribution in [2.24, 2.45) is 22.1 Å². The van der Waals surface area contributed by atoms with E-state index in [4.69, 9.17) is 25.8 Å². The highest BCUT2D eigenvalue weighted by atomic mass is 35.5. The number of aromatic nitrogens is 4. The third kappa shape index (κ3) is 7.06. The summed E-state index contributed by atoms with van der Waals surface area (Å²) in [6.45, 7) is 4.02. The molecule has 2 aliphatic heterocycles. The first kappa shape index (κ1) is 35.7. The molecule has 278 valence electrons. The summed E-state index contributed by atoms with van der Waals surface area (Å²) in [6.07, 6.45) is 12.7. The fourth-order valence-electron chi connectivity index (χ4n) is 8.51. The van der Waals surface area contributed by atoms with Gasteiger partial charge in [0, 0.05) is 36.2 Å². The second-order valence-corrected chi connectivity index (χ2v) is 17.3. The Morgan fingerprint density at radius 3 is 2.81 bits per heavy atom. The lowest BCUT2D eigenvalue weighted by atomic mass is 9.68. The van der Waals surface area contributed by atoms with Gasteiger partial charge in [0.15, 0.2) is 17.0 Å². The SMILES string of the molecule is COc1cnc2c(NS3(=O)=NC(=O)c4ccc5c(c4)N(C[C@@H]4CC[C@H]4[C@@H](OC)/C=C/C[C@H](C)C3)C[C@@]3(CCCc4cc(Cl)ccc43)CO5)ncnc2n1. The number of allylic oxidation sites excluding steroid dienone is 1. The zero-order chi connectivity index (χ0) is 36.7. The van der Waals surface area contributed by atoms with Crippen LogP contribution in [0.3, 0.4) is 0 Å². The van der Waals surface area contributed by atoms with Crippen LogP contribution in [0.25, 0.3) is 11.2 Å². The standard InChI is InChI=1S/C39H44ClN7O5S/c1-24-6-4-8-32(50-2)29-12-9-27(29)19-47-21-39(15-5-7-25-16-28(40)11-13-30(25)39)22-52-33-14-10-26(17-31(33)47)38(48)46-53(49,20-24)45-37-35-36(42-23-43-37)44-34(51-3)18-41-35/h4,8,10-11,13-14,16-18,23-24,27,29,32H,5-7,9,12,15,19-22H2,1-3H3,(H,42,43,44,45,46,48,49)/b8-4+/t24-,27-,29+,32-,39-,53?/m0/s1. The van der Waals surface area contributed by atoms with Crippen LogP contribution in [-0.2, 0) is 26.5 Å². The Labute approximate surface area is 315 Å². The second-order valence-electron chi connectivity index (χ2n) is 14.9. The van der Waals surface area contributed by atoms with Crippen LogP contribution in [0.4, 0.5) is 11.5 Å². The Morgan fingerprint density at radius 1 is 1.11 bits per heavy atom. The lowest BCUT2D eigenvalue weighted by Crippen LogP contribution is -2.49. The first-order valence-corrected chi connectivity index (χ1v) is 20.3. The molecule has 8 rings (SSSR count). The highest BCUT2D eigenvalue weighted by Crippen LogP contribution is 2.47. The highest BCUT2D eigenvalue weighted by Gasteiger charge is 2.44. The summed E-state index contributed by atoms with van der Waals surface area (Å²) in [7, 11) is -0.173. The highest BCUT2D eigenvalue weighted by molar-refractivity contribution is 7.95. The van der Waals surface area contributed by atoms with E-state index in [2.05, 4.69) is 58.2 Å². The van der Waals surface area contributed by atoms with Gasteiger partial charge < -0.3 is 19.1 Å². The molecule has 1 N–H and O–H groups in total. The molecule has 12 nitrogen and oxygen atoms in total. The number of amides is 1. The van der Waals surface area contributed by atoms with E-state index in [0.29, 0.717) is 36.2 Å². The van der Waals surface area contributed by atoms with Crippen LogP contribution in [0.5, 0.6) is 11.6 Å². The smallest absolute Gasteiger partial charge is 0.286 e. The zero-order valence-electron chi connectivity index (χ0n) is 30.2. The molecule has 1 spiro atoms. The average molecular weight is 758 g/mol. The number of nitrogens with zero attached hydrogens (tertiary/aromatic N) is 6. The number of fused-ring (bicyclic) bond motifs is 5. The molecule has 14 heteroatoms. The minimum atomic E-state index is -3.44. The zero-order valence-corrected chi connectivity index (χ0v) is 31.7. The van der Waals surface area contributed by atoms with Crippen molar-refractivity contribution in [2.75, 3.05) is 49.3 Å². The summed E-state index contributed by atoms with van der Waals surface area (Å²) in [6, 6.07) is 11.7. The van der Waals surface area contributed by atoms with Crippen LogP contribution < -0.4 is 19.1 Å². The van der Waals surface area contributed by atoms with E-state index in [1.54, 1.807) is 13.2 Å². The fourth-order valence-corrected chi connectivity index (χ4v) is 10.6. The number of aryl methyl sites for hydroxylation is 1. The Bertz CT molecular complexity index is 2210. The van der Waals surface area contributed by atoms with Gasteiger partial charge in [-0.05, 0) is 97.7 Å². The molecule has 2 aliphatic carbocycles. The number of carbonyl (C=O) groups excluding carboxylic acids is 1.